The molecule has 9 nitrogen and oxygen atoms in total. The molecule has 0 radical (unpaired) electrons. The molecular formula is C16H17N3O6. The highest BCUT2D eigenvalue weighted by Gasteiger charge is 2.31. The number of hydrogen-bond donors (Lipinski definition) is 3. The van der Waals surface area contributed by atoms with E-state index in [0.717, 1.165) is 13.2 Å². The van der Waals surface area contributed by atoms with Crippen molar-refractivity contribution in [3.8, 4) is 5.75 Å². The molecule has 1 aromatic heterocycles. The van der Waals surface area contributed by atoms with Gasteiger partial charge in [-0.2, -0.15) is 5.10 Å². The molecule has 0 saturated carbocycles. The summed E-state index contributed by atoms with van der Waals surface area (Å²) in [4.78, 5) is 35.2. The van der Waals surface area contributed by atoms with Gasteiger partial charge in [0.1, 0.15) is 17.5 Å². The third-order valence-corrected chi connectivity index (χ3v) is 3.43. The molecular weight excluding hydrogens is 330 g/mol. The summed E-state index contributed by atoms with van der Waals surface area (Å²) in [6, 6.07) is 7.29. The van der Waals surface area contributed by atoms with Gasteiger partial charge in [0.05, 0.1) is 14.2 Å². The summed E-state index contributed by atoms with van der Waals surface area (Å²) in [5.41, 5.74) is -0.208. The first kappa shape index (κ1) is 18.1. The number of aliphatic hydroxyl groups excluding tert-OH is 1. The van der Waals surface area contributed by atoms with Crippen LogP contribution in [0.3, 0.4) is 0 Å². The van der Waals surface area contributed by atoms with Gasteiger partial charge in [0.25, 0.3) is 11.5 Å². The molecule has 3 N–H and O–H groups in total. The first-order valence-electron chi connectivity index (χ1n) is 7.22. The van der Waals surface area contributed by atoms with Gasteiger partial charge in [-0.1, -0.05) is 12.1 Å². The molecule has 9 heteroatoms. The fourth-order valence-electron chi connectivity index (χ4n) is 2.07. The van der Waals surface area contributed by atoms with Crippen LogP contribution >= 0.6 is 0 Å². The summed E-state index contributed by atoms with van der Waals surface area (Å²) in [7, 11) is 2.64. The number of rotatable bonds is 6. The molecule has 2 rings (SSSR count). The van der Waals surface area contributed by atoms with E-state index in [2.05, 4.69) is 20.3 Å². The lowest BCUT2D eigenvalue weighted by molar-refractivity contribution is -0.146. The fraction of sp³-hybridized carbons (Fsp3) is 0.250. The average molecular weight is 347 g/mol. The van der Waals surface area contributed by atoms with Crippen LogP contribution < -0.4 is 15.6 Å². The van der Waals surface area contributed by atoms with Crippen LogP contribution in [0.5, 0.6) is 5.75 Å². The molecule has 0 fully saturated rings. The van der Waals surface area contributed by atoms with Gasteiger partial charge >= 0.3 is 5.97 Å². The largest absolute Gasteiger partial charge is 0.497 e. The minimum atomic E-state index is -1.36. The summed E-state index contributed by atoms with van der Waals surface area (Å²) in [5.74, 6) is -1.01. The number of H-pyrrole nitrogens is 1. The smallest absolute Gasteiger partial charge is 0.331 e. The van der Waals surface area contributed by atoms with Crippen molar-refractivity contribution in [2.24, 2.45) is 0 Å². The van der Waals surface area contributed by atoms with Gasteiger partial charge in [-0.3, -0.25) is 9.59 Å². The van der Waals surface area contributed by atoms with Crippen molar-refractivity contribution in [2.75, 3.05) is 14.2 Å². The number of aromatic nitrogens is 2. The zero-order valence-electron chi connectivity index (χ0n) is 13.6. The molecule has 25 heavy (non-hydrogen) atoms. The van der Waals surface area contributed by atoms with Gasteiger partial charge in [-0.15, -0.1) is 0 Å². The van der Waals surface area contributed by atoms with Crippen LogP contribution in [-0.4, -0.2) is 47.4 Å². The number of methoxy groups -OCH3 is 2. The number of carbonyl (C=O) groups is 2. The maximum absolute atomic E-state index is 12.2. The van der Waals surface area contributed by atoms with E-state index in [9.17, 15) is 19.5 Å². The fourth-order valence-corrected chi connectivity index (χ4v) is 2.07. The average Bonchev–Trinajstić information content (AvgIpc) is 2.65. The summed E-state index contributed by atoms with van der Waals surface area (Å²) in [5, 5.41) is 18.5. The number of aromatic amines is 1. The van der Waals surface area contributed by atoms with Crippen molar-refractivity contribution in [2.45, 2.75) is 12.1 Å². The van der Waals surface area contributed by atoms with Gasteiger partial charge in [0.2, 0.25) is 0 Å². The zero-order chi connectivity index (χ0) is 18.4. The Morgan fingerprint density at radius 3 is 2.36 bits per heavy atom. The molecule has 0 spiro atoms. The molecule has 2 atom stereocenters. The second-order valence-electron chi connectivity index (χ2n) is 5.00. The Kier molecular flexibility index (Phi) is 5.85. The molecule has 0 aliphatic carbocycles. The second kappa shape index (κ2) is 8.06. The lowest BCUT2D eigenvalue weighted by Crippen LogP contribution is -2.46. The molecule has 132 valence electrons. The molecule has 2 aromatic rings. The van der Waals surface area contributed by atoms with Crippen molar-refractivity contribution in [1.82, 2.24) is 15.5 Å². The number of nitrogens with zero attached hydrogens (tertiary/aromatic N) is 1. The van der Waals surface area contributed by atoms with E-state index in [-0.39, 0.29) is 5.69 Å². The van der Waals surface area contributed by atoms with Crippen molar-refractivity contribution < 1.29 is 24.2 Å². The SMILES string of the molecule is COC(=O)C(NC(=O)c1ccc(=O)[nH]n1)C(O)c1ccc(OC)cc1. The normalized spacial score (nSPS) is 12.8. The van der Waals surface area contributed by atoms with E-state index >= 15 is 0 Å². The lowest BCUT2D eigenvalue weighted by Gasteiger charge is -2.22. The van der Waals surface area contributed by atoms with E-state index in [1.165, 1.54) is 13.2 Å². The van der Waals surface area contributed by atoms with Crippen LogP contribution in [0.15, 0.2) is 41.2 Å². The van der Waals surface area contributed by atoms with E-state index in [1.807, 2.05) is 0 Å². The van der Waals surface area contributed by atoms with Crippen molar-refractivity contribution in [1.29, 1.82) is 0 Å². The van der Waals surface area contributed by atoms with Gasteiger partial charge in [-0.05, 0) is 23.8 Å². The van der Waals surface area contributed by atoms with Crippen molar-refractivity contribution >= 4 is 11.9 Å². The Morgan fingerprint density at radius 1 is 1.16 bits per heavy atom. The van der Waals surface area contributed by atoms with E-state index in [4.69, 9.17) is 4.74 Å². The zero-order valence-corrected chi connectivity index (χ0v) is 13.6. The summed E-state index contributed by atoms with van der Waals surface area (Å²) in [6.07, 6.45) is -1.36. The quantitative estimate of drug-likeness (QED) is 0.616. The molecule has 0 aliphatic rings. The Hall–Kier alpha value is -3.20. The first-order valence-corrected chi connectivity index (χ1v) is 7.22. The van der Waals surface area contributed by atoms with Crippen LogP contribution in [-0.2, 0) is 9.53 Å². The summed E-state index contributed by atoms with van der Waals surface area (Å²) >= 11 is 0. The number of ether oxygens (including phenoxy) is 2. The third kappa shape index (κ3) is 4.42. The summed E-state index contributed by atoms with van der Waals surface area (Å²) in [6.45, 7) is 0. The van der Waals surface area contributed by atoms with Crippen molar-refractivity contribution in [3.05, 3.63) is 58.0 Å². The minimum absolute atomic E-state index is 0.115. The van der Waals surface area contributed by atoms with Crippen LogP contribution in [0.25, 0.3) is 0 Å². The predicted molar refractivity (Wildman–Crippen MR) is 86.1 cm³/mol. The Labute approximate surface area is 142 Å². The summed E-state index contributed by atoms with van der Waals surface area (Å²) < 4.78 is 9.67. The molecule has 2 unspecified atom stereocenters. The maximum Gasteiger partial charge on any atom is 0.331 e. The monoisotopic (exact) mass is 347 g/mol. The van der Waals surface area contributed by atoms with Gasteiger partial charge in [-0.25, -0.2) is 9.89 Å². The van der Waals surface area contributed by atoms with E-state index < -0.39 is 29.6 Å². The molecule has 1 aromatic carbocycles. The number of aliphatic hydroxyl groups is 1. The standard InChI is InChI=1S/C16H17N3O6/c1-24-10-5-3-9(4-6-10)14(21)13(16(23)25-2)17-15(22)11-7-8-12(20)19-18-11/h3-8,13-14,21H,1-2H3,(H,17,22)(H,19,20). The number of hydrogen-bond acceptors (Lipinski definition) is 7. The van der Waals surface area contributed by atoms with Crippen molar-refractivity contribution in [3.63, 3.8) is 0 Å². The van der Waals surface area contributed by atoms with Crippen LogP contribution in [0, 0.1) is 0 Å². The number of esters is 1. The first-order chi connectivity index (χ1) is 12.0. The second-order valence-corrected chi connectivity index (χ2v) is 5.00. The Balaban J connectivity index is 2.22. The molecule has 0 saturated heterocycles. The highest BCUT2D eigenvalue weighted by atomic mass is 16.5. The van der Waals surface area contributed by atoms with Gasteiger partial charge in [0.15, 0.2) is 6.04 Å². The predicted octanol–water partition coefficient (Wildman–Crippen LogP) is -0.216. The Morgan fingerprint density at radius 2 is 1.84 bits per heavy atom. The maximum atomic E-state index is 12.2. The molecule has 1 heterocycles. The van der Waals surface area contributed by atoms with Crippen LogP contribution in [0.1, 0.15) is 22.2 Å². The molecule has 0 bridgehead atoms. The number of amides is 1. The lowest BCUT2D eigenvalue weighted by atomic mass is 10.0. The topological polar surface area (TPSA) is 131 Å². The van der Waals surface area contributed by atoms with Crippen LogP contribution in [0.4, 0.5) is 0 Å². The van der Waals surface area contributed by atoms with Gasteiger partial charge in [0, 0.05) is 6.07 Å². The van der Waals surface area contributed by atoms with E-state index in [0.29, 0.717) is 11.3 Å². The highest BCUT2D eigenvalue weighted by Crippen LogP contribution is 2.21. The third-order valence-electron chi connectivity index (χ3n) is 3.43. The Bertz CT molecular complexity index is 782. The molecule has 0 aliphatic heterocycles. The number of carbonyl (C=O) groups excluding carboxylic acids is 2. The number of benzene rings is 1. The van der Waals surface area contributed by atoms with E-state index in [1.54, 1.807) is 24.3 Å². The van der Waals surface area contributed by atoms with Crippen LogP contribution in [0.2, 0.25) is 0 Å². The minimum Gasteiger partial charge on any atom is -0.497 e. The van der Waals surface area contributed by atoms with Gasteiger partial charge < -0.3 is 19.9 Å². The highest BCUT2D eigenvalue weighted by molar-refractivity contribution is 5.95. The molecule has 1 amide bonds. The number of nitrogens with one attached hydrogen (secondary N) is 2.